The molecule has 0 aliphatic heterocycles. The van der Waals surface area contributed by atoms with Crippen molar-refractivity contribution in [3.05, 3.63) is 57.4 Å². The van der Waals surface area contributed by atoms with E-state index in [4.69, 9.17) is 11.6 Å². The van der Waals surface area contributed by atoms with Crippen molar-refractivity contribution in [2.45, 2.75) is 19.9 Å². The standard InChI is InChI=1S/C14H13ClN4O/c1-2-10-16-11-12(17-14(15)18-13(11)20)19(10)8-9-6-4-3-5-7-9/h3-7H,2,8H2,1H3,(H,17,18,20). The minimum atomic E-state index is -0.304. The molecule has 0 radical (unpaired) electrons. The molecule has 5 nitrogen and oxygen atoms in total. The number of fused-ring (bicyclic) bond motifs is 1. The highest BCUT2D eigenvalue weighted by molar-refractivity contribution is 6.28. The molecule has 0 bridgehead atoms. The van der Waals surface area contributed by atoms with Crippen molar-refractivity contribution in [2.75, 3.05) is 0 Å². The number of nitrogens with zero attached hydrogens (tertiary/aromatic N) is 3. The third kappa shape index (κ3) is 2.20. The third-order valence-electron chi connectivity index (χ3n) is 3.16. The highest BCUT2D eigenvalue weighted by atomic mass is 35.5. The Morgan fingerprint density at radius 2 is 2.00 bits per heavy atom. The maximum absolute atomic E-state index is 11.9. The topological polar surface area (TPSA) is 63.6 Å². The molecule has 6 heteroatoms. The van der Waals surface area contributed by atoms with Gasteiger partial charge in [-0.15, -0.1) is 0 Å². The molecule has 0 saturated carbocycles. The van der Waals surface area contributed by atoms with Crippen molar-refractivity contribution >= 4 is 22.8 Å². The van der Waals surface area contributed by atoms with E-state index < -0.39 is 0 Å². The first-order valence-electron chi connectivity index (χ1n) is 6.38. The van der Waals surface area contributed by atoms with E-state index in [0.717, 1.165) is 17.8 Å². The number of halogens is 1. The number of hydrogen-bond acceptors (Lipinski definition) is 3. The van der Waals surface area contributed by atoms with Gasteiger partial charge in [0.15, 0.2) is 11.2 Å². The summed E-state index contributed by atoms with van der Waals surface area (Å²) >= 11 is 5.84. The lowest BCUT2D eigenvalue weighted by Crippen LogP contribution is -2.09. The summed E-state index contributed by atoms with van der Waals surface area (Å²) in [6, 6.07) is 9.98. The van der Waals surface area contributed by atoms with Crippen LogP contribution in [0.25, 0.3) is 11.2 Å². The van der Waals surface area contributed by atoms with Crippen molar-refractivity contribution < 1.29 is 0 Å². The molecule has 3 rings (SSSR count). The molecule has 0 fully saturated rings. The van der Waals surface area contributed by atoms with Crippen LogP contribution in [0.4, 0.5) is 0 Å². The molecule has 0 unspecified atom stereocenters. The van der Waals surface area contributed by atoms with Crippen molar-refractivity contribution in [3.8, 4) is 0 Å². The highest BCUT2D eigenvalue weighted by Crippen LogP contribution is 2.15. The SMILES string of the molecule is CCc1nc2c(=O)[nH]c(Cl)nc2n1Cc1ccccc1. The van der Waals surface area contributed by atoms with Gasteiger partial charge in [-0.3, -0.25) is 9.78 Å². The molecule has 1 N–H and O–H groups in total. The minimum Gasteiger partial charge on any atom is -0.308 e. The molecule has 0 aliphatic rings. The molecule has 0 aliphatic carbocycles. The van der Waals surface area contributed by atoms with Crippen molar-refractivity contribution in [1.29, 1.82) is 0 Å². The van der Waals surface area contributed by atoms with Crippen LogP contribution in [0.5, 0.6) is 0 Å². The zero-order valence-corrected chi connectivity index (χ0v) is 11.7. The second kappa shape index (κ2) is 5.09. The van der Waals surface area contributed by atoms with E-state index in [0.29, 0.717) is 17.7 Å². The smallest absolute Gasteiger partial charge is 0.280 e. The van der Waals surface area contributed by atoms with Crippen LogP contribution >= 0.6 is 11.6 Å². The lowest BCUT2D eigenvalue weighted by molar-refractivity contribution is 0.746. The van der Waals surface area contributed by atoms with E-state index in [-0.39, 0.29) is 10.8 Å². The molecule has 2 heterocycles. The minimum absolute atomic E-state index is 0.0827. The van der Waals surface area contributed by atoms with Crippen LogP contribution in [-0.2, 0) is 13.0 Å². The summed E-state index contributed by atoms with van der Waals surface area (Å²) in [6.07, 6.45) is 0.722. The van der Waals surface area contributed by atoms with Gasteiger partial charge in [0, 0.05) is 6.42 Å². The first-order chi connectivity index (χ1) is 9.69. The number of H-pyrrole nitrogens is 1. The number of aromatic amines is 1. The average Bonchev–Trinajstić information content (AvgIpc) is 2.78. The van der Waals surface area contributed by atoms with Crippen LogP contribution < -0.4 is 5.56 Å². The molecule has 3 aromatic rings. The van der Waals surface area contributed by atoms with Crippen molar-refractivity contribution in [2.24, 2.45) is 0 Å². The van der Waals surface area contributed by atoms with Crippen LogP contribution in [0.3, 0.4) is 0 Å². The zero-order chi connectivity index (χ0) is 14.1. The molecule has 20 heavy (non-hydrogen) atoms. The van der Waals surface area contributed by atoms with E-state index >= 15 is 0 Å². The number of benzene rings is 1. The Hall–Kier alpha value is -2.14. The lowest BCUT2D eigenvalue weighted by Gasteiger charge is -2.07. The molecule has 102 valence electrons. The average molecular weight is 289 g/mol. The van der Waals surface area contributed by atoms with E-state index in [1.54, 1.807) is 0 Å². The van der Waals surface area contributed by atoms with Crippen LogP contribution in [0.2, 0.25) is 5.28 Å². The van der Waals surface area contributed by atoms with E-state index in [1.165, 1.54) is 0 Å². The largest absolute Gasteiger partial charge is 0.308 e. The Bertz CT molecular complexity index is 807. The van der Waals surface area contributed by atoms with Gasteiger partial charge in [0.05, 0.1) is 6.54 Å². The Kier molecular flexibility index (Phi) is 3.28. The van der Waals surface area contributed by atoms with E-state index in [2.05, 4.69) is 15.0 Å². The predicted molar refractivity (Wildman–Crippen MR) is 78.1 cm³/mol. The van der Waals surface area contributed by atoms with Gasteiger partial charge in [0.1, 0.15) is 5.82 Å². The fourth-order valence-corrected chi connectivity index (χ4v) is 2.40. The summed E-state index contributed by atoms with van der Waals surface area (Å²) in [5.41, 5.74) is 1.68. The van der Waals surface area contributed by atoms with Crippen LogP contribution in [-0.4, -0.2) is 19.5 Å². The van der Waals surface area contributed by atoms with Crippen LogP contribution in [0.15, 0.2) is 35.1 Å². The van der Waals surface area contributed by atoms with Crippen molar-refractivity contribution in [1.82, 2.24) is 19.5 Å². The molecular weight excluding hydrogens is 276 g/mol. The fraction of sp³-hybridized carbons (Fsp3) is 0.214. The number of rotatable bonds is 3. The summed E-state index contributed by atoms with van der Waals surface area (Å²) in [5, 5.41) is 0.0827. The second-order valence-corrected chi connectivity index (χ2v) is 4.84. The summed E-state index contributed by atoms with van der Waals surface area (Å²) in [6.45, 7) is 2.62. The van der Waals surface area contributed by atoms with Gasteiger partial charge in [-0.2, -0.15) is 4.98 Å². The maximum Gasteiger partial charge on any atom is 0.280 e. The van der Waals surface area contributed by atoms with Gasteiger partial charge in [0.25, 0.3) is 5.56 Å². The molecule has 0 amide bonds. The molecule has 0 atom stereocenters. The van der Waals surface area contributed by atoms with Crippen LogP contribution in [0.1, 0.15) is 18.3 Å². The first kappa shape index (κ1) is 12.9. The Labute approximate surface area is 120 Å². The highest BCUT2D eigenvalue weighted by Gasteiger charge is 2.14. The fourth-order valence-electron chi connectivity index (χ4n) is 2.23. The number of imidazole rings is 1. The van der Waals surface area contributed by atoms with Gasteiger partial charge in [-0.1, -0.05) is 37.3 Å². The quantitative estimate of drug-likeness (QED) is 0.753. The Morgan fingerprint density at radius 1 is 1.25 bits per heavy atom. The number of aryl methyl sites for hydroxylation is 1. The van der Waals surface area contributed by atoms with Gasteiger partial charge in [0.2, 0.25) is 5.28 Å². The number of hydrogen-bond donors (Lipinski definition) is 1. The van der Waals surface area contributed by atoms with Crippen molar-refractivity contribution in [3.63, 3.8) is 0 Å². The van der Waals surface area contributed by atoms with Gasteiger partial charge in [-0.05, 0) is 17.2 Å². The molecular formula is C14H13ClN4O. The van der Waals surface area contributed by atoms with Gasteiger partial charge < -0.3 is 4.57 Å². The van der Waals surface area contributed by atoms with E-state index in [9.17, 15) is 4.79 Å². The van der Waals surface area contributed by atoms with E-state index in [1.807, 2.05) is 41.8 Å². The second-order valence-electron chi connectivity index (χ2n) is 4.48. The zero-order valence-electron chi connectivity index (χ0n) is 10.9. The normalized spacial score (nSPS) is 11.1. The summed E-state index contributed by atoms with van der Waals surface area (Å²) < 4.78 is 1.94. The molecule has 1 aromatic carbocycles. The summed E-state index contributed by atoms with van der Waals surface area (Å²) in [4.78, 5) is 22.9. The maximum atomic E-state index is 11.9. The monoisotopic (exact) mass is 288 g/mol. The third-order valence-corrected chi connectivity index (χ3v) is 3.33. The van der Waals surface area contributed by atoms with Gasteiger partial charge in [-0.25, -0.2) is 4.98 Å². The number of aromatic nitrogens is 4. The Balaban J connectivity index is 2.20. The van der Waals surface area contributed by atoms with Gasteiger partial charge >= 0.3 is 0 Å². The lowest BCUT2D eigenvalue weighted by atomic mass is 10.2. The molecule has 0 spiro atoms. The summed E-state index contributed by atoms with van der Waals surface area (Å²) in [7, 11) is 0. The molecule has 2 aromatic heterocycles. The van der Waals surface area contributed by atoms with Crippen LogP contribution in [0, 0.1) is 0 Å². The summed E-state index contributed by atoms with van der Waals surface area (Å²) in [5.74, 6) is 0.823. The predicted octanol–water partition coefficient (Wildman–Crippen LogP) is 2.38. The Morgan fingerprint density at radius 3 is 2.70 bits per heavy atom. The molecule has 0 saturated heterocycles. The number of nitrogens with one attached hydrogen (secondary N) is 1. The first-order valence-corrected chi connectivity index (χ1v) is 6.75.